The van der Waals surface area contributed by atoms with E-state index in [1.165, 1.54) is 23.7 Å². The molecule has 0 atom stereocenters. The number of fused-ring (bicyclic) bond motifs is 1. The molecule has 4 aromatic heterocycles. The van der Waals surface area contributed by atoms with Gasteiger partial charge in [-0.1, -0.05) is 6.92 Å². The molecule has 0 aliphatic carbocycles. The van der Waals surface area contributed by atoms with E-state index < -0.39 is 6.67 Å². The summed E-state index contributed by atoms with van der Waals surface area (Å²) in [6.07, 6.45) is 5.52. The van der Waals surface area contributed by atoms with E-state index in [9.17, 15) is 9.18 Å². The lowest BCUT2D eigenvalue weighted by Crippen LogP contribution is -2.17. The molecule has 0 aliphatic rings. The van der Waals surface area contributed by atoms with Crippen LogP contribution in [-0.4, -0.2) is 29.1 Å². The van der Waals surface area contributed by atoms with E-state index >= 15 is 0 Å². The van der Waals surface area contributed by atoms with Crippen molar-refractivity contribution in [1.29, 1.82) is 0 Å². The number of thiazole rings is 1. The molecule has 7 nitrogen and oxygen atoms in total. The van der Waals surface area contributed by atoms with Crippen molar-refractivity contribution in [3.63, 3.8) is 0 Å². The number of rotatable bonds is 5. The Labute approximate surface area is 158 Å². The van der Waals surface area contributed by atoms with Gasteiger partial charge in [-0.2, -0.15) is 5.10 Å². The summed E-state index contributed by atoms with van der Waals surface area (Å²) >= 11 is 1.42. The van der Waals surface area contributed by atoms with Crippen LogP contribution < -0.4 is 5.56 Å². The monoisotopic (exact) mass is 384 g/mol. The smallest absolute Gasteiger partial charge is 0.259 e. The third-order valence-corrected chi connectivity index (χ3v) is 5.26. The fourth-order valence-corrected chi connectivity index (χ4v) is 4.06. The van der Waals surface area contributed by atoms with Crippen molar-refractivity contribution in [2.45, 2.75) is 33.5 Å². The lowest BCUT2D eigenvalue weighted by molar-refractivity contribution is 0.450. The molecule has 0 fully saturated rings. The first-order valence-electron chi connectivity index (χ1n) is 8.49. The second-order valence-corrected chi connectivity index (χ2v) is 7.29. The molecule has 0 spiro atoms. The highest BCUT2D eigenvalue weighted by Crippen LogP contribution is 2.28. The molecule has 0 amide bonds. The largest absolute Gasteiger partial charge is 0.269 e. The molecule has 0 N–H and O–H groups in total. The summed E-state index contributed by atoms with van der Waals surface area (Å²) < 4.78 is 16.4. The first kappa shape index (κ1) is 17.5. The van der Waals surface area contributed by atoms with Crippen LogP contribution in [0, 0.1) is 6.92 Å². The van der Waals surface area contributed by atoms with Gasteiger partial charge in [-0.3, -0.25) is 13.9 Å². The third kappa shape index (κ3) is 3.14. The zero-order chi connectivity index (χ0) is 19.0. The van der Waals surface area contributed by atoms with Crippen LogP contribution in [0.4, 0.5) is 4.39 Å². The minimum absolute atomic E-state index is 0.192. The van der Waals surface area contributed by atoms with Gasteiger partial charge < -0.3 is 0 Å². The molecule has 4 aromatic rings. The summed E-state index contributed by atoms with van der Waals surface area (Å²) in [7, 11) is 0. The van der Waals surface area contributed by atoms with E-state index in [1.807, 2.05) is 13.8 Å². The molecule has 0 unspecified atom stereocenters. The SMILES string of the molecule is CCc1cc(CF)n(Cc2cc(=O)n3c(-c4cncnc4)c(C)sc3n2)n1. The van der Waals surface area contributed by atoms with Gasteiger partial charge in [0.25, 0.3) is 5.56 Å². The third-order valence-electron chi connectivity index (χ3n) is 4.30. The van der Waals surface area contributed by atoms with E-state index in [0.717, 1.165) is 28.2 Å². The molecule has 0 saturated carbocycles. The molecule has 0 saturated heterocycles. The molecule has 4 heterocycles. The number of nitrogens with zero attached hydrogens (tertiary/aromatic N) is 6. The first-order chi connectivity index (χ1) is 13.1. The van der Waals surface area contributed by atoms with Crippen LogP contribution in [0.3, 0.4) is 0 Å². The van der Waals surface area contributed by atoms with Crippen molar-refractivity contribution in [1.82, 2.24) is 29.1 Å². The summed E-state index contributed by atoms with van der Waals surface area (Å²) in [6.45, 7) is 3.55. The van der Waals surface area contributed by atoms with Gasteiger partial charge in [0.2, 0.25) is 0 Å². The van der Waals surface area contributed by atoms with Crippen LogP contribution in [0.5, 0.6) is 0 Å². The average Bonchev–Trinajstić information content (AvgIpc) is 3.22. The molecule has 0 aliphatic heterocycles. The number of hydrogen-bond acceptors (Lipinski definition) is 6. The summed E-state index contributed by atoms with van der Waals surface area (Å²) in [5, 5.41) is 4.39. The Morgan fingerprint density at radius 2 is 1.96 bits per heavy atom. The Hall–Kier alpha value is -2.94. The van der Waals surface area contributed by atoms with Gasteiger partial charge in [0, 0.05) is 28.9 Å². The Bertz CT molecular complexity index is 1160. The van der Waals surface area contributed by atoms with Crippen molar-refractivity contribution in [2.75, 3.05) is 0 Å². The standard InChI is InChI=1S/C18H17FN6OS/c1-3-13-4-15(6-19)24(23-13)9-14-5-16(26)25-17(11(2)27-18(25)22-14)12-7-20-10-21-8-12/h4-5,7-8,10H,3,6,9H2,1-2H3. The van der Waals surface area contributed by atoms with Gasteiger partial charge in [-0.05, 0) is 19.4 Å². The minimum atomic E-state index is -0.607. The normalized spacial score (nSPS) is 11.4. The zero-order valence-corrected chi connectivity index (χ0v) is 15.7. The molecule has 138 valence electrons. The second kappa shape index (κ2) is 6.99. The van der Waals surface area contributed by atoms with Gasteiger partial charge in [-0.15, -0.1) is 11.3 Å². The highest BCUT2D eigenvalue weighted by molar-refractivity contribution is 7.17. The fraction of sp³-hybridized carbons (Fsp3) is 0.278. The van der Waals surface area contributed by atoms with Crippen molar-refractivity contribution < 1.29 is 4.39 Å². The van der Waals surface area contributed by atoms with E-state index in [-0.39, 0.29) is 12.1 Å². The van der Waals surface area contributed by atoms with Crippen molar-refractivity contribution in [3.05, 3.63) is 63.2 Å². The van der Waals surface area contributed by atoms with Gasteiger partial charge in [-0.25, -0.2) is 19.3 Å². The molecule has 27 heavy (non-hydrogen) atoms. The maximum Gasteiger partial charge on any atom is 0.259 e. The highest BCUT2D eigenvalue weighted by atomic mass is 32.1. The minimum Gasteiger partial charge on any atom is -0.269 e. The van der Waals surface area contributed by atoms with Crippen molar-refractivity contribution in [2.24, 2.45) is 0 Å². The number of halogens is 1. The summed E-state index contributed by atoms with van der Waals surface area (Å²) in [5.74, 6) is 0. The molecular formula is C18H17FN6OS. The van der Waals surface area contributed by atoms with Crippen LogP contribution in [0.1, 0.15) is 28.9 Å². The van der Waals surface area contributed by atoms with Crippen molar-refractivity contribution >= 4 is 16.3 Å². The molecule has 0 aromatic carbocycles. The topological polar surface area (TPSA) is 78.0 Å². The van der Waals surface area contributed by atoms with Crippen LogP contribution in [0.25, 0.3) is 16.2 Å². The lowest BCUT2D eigenvalue weighted by atomic mass is 10.2. The van der Waals surface area contributed by atoms with E-state index in [4.69, 9.17) is 0 Å². The average molecular weight is 384 g/mol. The quantitative estimate of drug-likeness (QED) is 0.529. The first-order valence-corrected chi connectivity index (χ1v) is 9.31. The summed E-state index contributed by atoms with van der Waals surface area (Å²) in [4.78, 5) is 27.0. The molecule has 0 radical (unpaired) electrons. The summed E-state index contributed by atoms with van der Waals surface area (Å²) in [5.41, 5.74) is 3.17. The Morgan fingerprint density at radius 3 is 2.67 bits per heavy atom. The Kier molecular flexibility index (Phi) is 4.53. The molecular weight excluding hydrogens is 367 g/mol. The maximum absolute atomic E-state index is 13.3. The predicted octanol–water partition coefficient (Wildman–Crippen LogP) is 2.80. The number of aromatic nitrogens is 6. The molecule has 4 rings (SSSR count). The molecule has 0 bridgehead atoms. The highest BCUT2D eigenvalue weighted by Gasteiger charge is 2.16. The molecule has 9 heteroatoms. The number of hydrogen-bond donors (Lipinski definition) is 0. The van der Waals surface area contributed by atoms with Crippen LogP contribution in [0.2, 0.25) is 0 Å². The number of alkyl halides is 1. The van der Waals surface area contributed by atoms with E-state index in [2.05, 4.69) is 20.1 Å². The van der Waals surface area contributed by atoms with E-state index in [1.54, 1.807) is 27.5 Å². The second-order valence-electron chi connectivity index (χ2n) is 6.11. The van der Waals surface area contributed by atoms with Crippen LogP contribution in [0.15, 0.2) is 35.6 Å². The van der Waals surface area contributed by atoms with Crippen LogP contribution in [-0.2, 0) is 19.6 Å². The maximum atomic E-state index is 13.3. The summed E-state index contributed by atoms with van der Waals surface area (Å²) in [6, 6.07) is 3.22. The van der Waals surface area contributed by atoms with Gasteiger partial charge >= 0.3 is 0 Å². The fourth-order valence-electron chi connectivity index (χ4n) is 3.04. The van der Waals surface area contributed by atoms with E-state index in [0.29, 0.717) is 16.3 Å². The van der Waals surface area contributed by atoms with Gasteiger partial charge in [0.05, 0.1) is 29.3 Å². The zero-order valence-electron chi connectivity index (χ0n) is 14.9. The Morgan fingerprint density at radius 1 is 1.19 bits per heavy atom. The van der Waals surface area contributed by atoms with Crippen LogP contribution >= 0.6 is 11.3 Å². The van der Waals surface area contributed by atoms with Gasteiger partial charge in [0.15, 0.2) is 4.96 Å². The lowest BCUT2D eigenvalue weighted by Gasteiger charge is -2.06. The van der Waals surface area contributed by atoms with Crippen molar-refractivity contribution in [3.8, 4) is 11.3 Å². The Balaban J connectivity index is 1.80. The van der Waals surface area contributed by atoms with Gasteiger partial charge in [0.1, 0.15) is 13.0 Å². The predicted molar refractivity (Wildman–Crippen MR) is 101 cm³/mol. The number of aryl methyl sites for hydroxylation is 2.